The lowest BCUT2D eigenvalue weighted by Crippen LogP contribution is -2.07. The van der Waals surface area contributed by atoms with Crippen LogP contribution in [0.2, 0.25) is 5.02 Å². The van der Waals surface area contributed by atoms with E-state index in [2.05, 4.69) is 15.5 Å². The zero-order valence-corrected chi connectivity index (χ0v) is 12.4. The van der Waals surface area contributed by atoms with E-state index in [4.69, 9.17) is 11.6 Å². The third-order valence-electron chi connectivity index (χ3n) is 2.89. The third-order valence-corrected chi connectivity index (χ3v) is 3.12. The molecular formula is C15H13ClF3N3. The number of nitrogens with zero attached hydrogens (tertiary/aromatic N) is 2. The Labute approximate surface area is 130 Å². The van der Waals surface area contributed by atoms with Crippen LogP contribution in [-0.4, -0.2) is 10.7 Å². The molecule has 1 aromatic heterocycles. The third kappa shape index (κ3) is 4.21. The van der Waals surface area contributed by atoms with Gasteiger partial charge in [-0.1, -0.05) is 30.7 Å². The van der Waals surface area contributed by atoms with Gasteiger partial charge in [-0.15, -0.1) is 0 Å². The fourth-order valence-corrected chi connectivity index (χ4v) is 1.96. The predicted octanol–water partition coefficient (Wildman–Crippen LogP) is 4.98. The molecule has 7 heteroatoms. The Balaban J connectivity index is 2.15. The molecule has 0 fully saturated rings. The van der Waals surface area contributed by atoms with Crippen LogP contribution in [0, 0.1) is 0 Å². The van der Waals surface area contributed by atoms with Crippen LogP contribution in [0.25, 0.3) is 0 Å². The predicted molar refractivity (Wildman–Crippen MR) is 81.1 cm³/mol. The Kier molecular flexibility index (Phi) is 5.03. The molecule has 0 radical (unpaired) electrons. The van der Waals surface area contributed by atoms with Gasteiger partial charge in [-0.25, -0.2) is 4.98 Å². The molecule has 0 saturated heterocycles. The number of anilines is 1. The highest BCUT2D eigenvalue weighted by atomic mass is 35.5. The van der Waals surface area contributed by atoms with Crippen molar-refractivity contribution in [3.8, 4) is 0 Å². The molecule has 116 valence electrons. The van der Waals surface area contributed by atoms with Crippen molar-refractivity contribution in [1.29, 1.82) is 0 Å². The second-order valence-electron chi connectivity index (χ2n) is 4.46. The first-order valence-electron chi connectivity index (χ1n) is 6.52. The maximum Gasteiger partial charge on any atom is 0.417 e. The van der Waals surface area contributed by atoms with Gasteiger partial charge < -0.3 is 0 Å². The maximum absolute atomic E-state index is 12.4. The number of alkyl halides is 3. The van der Waals surface area contributed by atoms with Gasteiger partial charge in [0.25, 0.3) is 0 Å². The van der Waals surface area contributed by atoms with Crippen molar-refractivity contribution in [2.45, 2.75) is 19.5 Å². The Bertz CT molecular complexity index is 666. The second kappa shape index (κ2) is 6.79. The zero-order chi connectivity index (χ0) is 16.2. The highest BCUT2D eigenvalue weighted by Crippen LogP contribution is 2.28. The molecule has 3 nitrogen and oxygen atoms in total. The average molecular weight is 328 g/mol. The summed E-state index contributed by atoms with van der Waals surface area (Å²) < 4.78 is 37.3. The van der Waals surface area contributed by atoms with Gasteiger partial charge in [-0.05, 0) is 36.2 Å². The topological polar surface area (TPSA) is 37.3 Å². The first-order valence-corrected chi connectivity index (χ1v) is 6.89. The van der Waals surface area contributed by atoms with E-state index in [0.29, 0.717) is 11.4 Å². The highest BCUT2D eigenvalue weighted by molar-refractivity contribution is 6.31. The molecule has 22 heavy (non-hydrogen) atoms. The van der Waals surface area contributed by atoms with E-state index < -0.39 is 11.7 Å². The fourth-order valence-electron chi connectivity index (χ4n) is 1.77. The molecule has 0 amide bonds. The Morgan fingerprint density at radius 3 is 2.59 bits per heavy atom. The van der Waals surface area contributed by atoms with E-state index in [1.165, 1.54) is 6.07 Å². The summed E-state index contributed by atoms with van der Waals surface area (Å²) in [6, 6.07) is 9.37. The minimum Gasteiger partial charge on any atom is -0.261 e. The molecule has 0 spiro atoms. The normalized spacial score (nSPS) is 12.3. The van der Waals surface area contributed by atoms with Crippen LogP contribution >= 0.6 is 11.6 Å². The molecule has 0 aliphatic carbocycles. The van der Waals surface area contributed by atoms with Crippen LogP contribution < -0.4 is 5.43 Å². The molecule has 0 bridgehead atoms. The number of rotatable bonds is 4. The Morgan fingerprint density at radius 2 is 2.05 bits per heavy atom. The van der Waals surface area contributed by atoms with Crippen LogP contribution in [0.1, 0.15) is 24.5 Å². The summed E-state index contributed by atoms with van der Waals surface area (Å²) >= 11 is 5.93. The van der Waals surface area contributed by atoms with Gasteiger partial charge in [0.05, 0.1) is 11.3 Å². The van der Waals surface area contributed by atoms with E-state index in [0.717, 1.165) is 23.5 Å². The molecule has 2 aromatic rings. The van der Waals surface area contributed by atoms with Crippen LogP contribution in [0.5, 0.6) is 0 Å². The summed E-state index contributed by atoms with van der Waals surface area (Å²) in [5.74, 6) is 0.237. The second-order valence-corrected chi connectivity index (χ2v) is 4.90. The number of aromatic nitrogens is 1. The number of hydrogen-bond acceptors (Lipinski definition) is 3. The molecule has 2 rings (SSSR count). The molecule has 0 aliphatic rings. The van der Waals surface area contributed by atoms with E-state index in [1.54, 1.807) is 18.2 Å². The largest absolute Gasteiger partial charge is 0.417 e. The molecule has 0 unspecified atom stereocenters. The van der Waals surface area contributed by atoms with Gasteiger partial charge in [0.15, 0.2) is 0 Å². The number of halogens is 4. The van der Waals surface area contributed by atoms with E-state index >= 15 is 0 Å². The fraction of sp³-hybridized carbons (Fsp3) is 0.200. The molecular weight excluding hydrogens is 315 g/mol. The van der Waals surface area contributed by atoms with Crippen molar-refractivity contribution in [2.75, 3.05) is 5.43 Å². The summed E-state index contributed by atoms with van der Waals surface area (Å²) in [7, 11) is 0. The lowest BCUT2D eigenvalue weighted by atomic mass is 10.1. The average Bonchev–Trinajstić information content (AvgIpc) is 2.47. The first kappa shape index (κ1) is 16.3. The summed E-state index contributed by atoms with van der Waals surface area (Å²) in [5.41, 5.74) is 3.43. The Hall–Kier alpha value is -2.08. The molecule has 1 aromatic carbocycles. The van der Waals surface area contributed by atoms with E-state index in [-0.39, 0.29) is 5.82 Å². The van der Waals surface area contributed by atoms with Gasteiger partial charge >= 0.3 is 6.18 Å². The SMILES string of the molecule is CC/C(=N\Nc1ccc(C(F)(F)F)cn1)c1cccc(Cl)c1. The lowest BCUT2D eigenvalue weighted by Gasteiger charge is -2.08. The summed E-state index contributed by atoms with van der Waals surface area (Å²) in [5, 5.41) is 4.77. The summed E-state index contributed by atoms with van der Waals surface area (Å²) in [4.78, 5) is 3.70. The zero-order valence-electron chi connectivity index (χ0n) is 11.7. The number of benzene rings is 1. The van der Waals surface area contributed by atoms with Crippen molar-refractivity contribution in [3.63, 3.8) is 0 Å². The monoisotopic (exact) mass is 327 g/mol. The van der Waals surface area contributed by atoms with Crippen LogP contribution in [-0.2, 0) is 6.18 Å². The molecule has 0 saturated carbocycles. The minimum atomic E-state index is -4.40. The Morgan fingerprint density at radius 1 is 1.27 bits per heavy atom. The van der Waals surface area contributed by atoms with Crippen LogP contribution in [0.3, 0.4) is 0 Å². The van der Waals surface area contributed by atoms with Gasteiger partial charge in [-0.2, -0.15) is 18.3 Å². The van der Waals surface area contributed by atoms with Crippen molar-refractivity contribution in [2.24, 2.45) is 5.10 Å². The number of hydrazone groups is 1. The van der Waals surface area contributed by atoms with Crippen molar-refractivity contribution in [3.05, 3.63) is 58.7 Å². The molecule has 1 heterocycles. The maximum atomic E-state index is 12.4. The van der Waals surface area contributed by atoms with Crippen molar-refractivity contribution < 1.29 is 13.2 Å². The van der Waals surface area contributed by atoms with Gasteiger partial charge in [-0.3, -0.25) is 5.43 Å². The van der Waals surface area contributed by atoms with Crippen molar-refractivity contribution in [1.82, 2.24) is 4.98 Å². The van der Waals surface area contributed by atoms with Gasteiger partial charge in [0, 0.05) is 11.2 Å². The first-order chi connectivity index (χ1) is 10.4. The smallest absolute Gasteiger partial charge is 0.261 e. The van der Waals surface area contributed by atoms with E-state index in [9.17, 15) is 13.2 Å². The highest BCUT2D eigenvalue weighted by Gasteiger charge is 2.30. The van der Waals surface area contributed by atoms with Gasteiger partial charge in [0.1, 0.15) is 5.82 Å². The van der Waals surface area contributed by atoms with Crippen LogP contribution in [0.4, 0.5) is 19.0 Å². The van der Waals surface area contributed by atoms with Gasteiger partial charge in [0.2, 0.25) is 0 Å². The summed E-state index contributed by atoms with van der Waals surface area (Å²) in [6.07, 6.45) is -3.00. The number of nitrogens with one attached hydrogen (secondary N) is 1. The lowest BCUT2D eigenvalue weighted by molar-refractivity contribution is -0.137. The standard InChI is InChI=1S/C15H13ClF3N3/c1-2-13(10-4-3-5-12(16)8-10)21-22-14-7-6-11(9-20-14)15(17,18)19/h3-9H,2H2,1H3,(H,20,22)/b21-13+. The summed E-state index contributed by atoms with van der Waals surface area (Å²) in [6.45, 7) is 1.92. The molecule has 1 N–H and O–H groups in total. The number of hydrogen-bond donors (Lipinski definition) is 1. The minimum absolute atomic E-state index is 0.237. The van der Waals surface area contributed by atoms with E-state index in [1.807, 2.05) is 13.0 Å². The molecule has 0 atom stereocenters. The van der Waals surface area contributed by atoms with Crippen LogP contribution in [0.15, 0.2) is 47.7 Å². The van der Waals surface area contributed by atoms with Crippen molar-refractivity contribution >= 4 is 23.1 Å². The molecule has 0 aliphatic heterocycles. The quantitative estimate of drug-likeness (QED) is 0.635. The number of pyridine rings is 1.